The summed E-state index contributed by atoms with van der Waals surface area (Å²) in [5.41, 5.74) is 4.30. The van der Waals surface area contributed by atoms with Crippen molar-refractivity contribution in [2.24, 2.45) is 0 Å². The lowest BCUT2D eigenvalue weighted by molar-refractivity contribution is -0.384. The third kappa shape index (κ3) is 5.07. The highest BCUT2D eigenvalue weighted by Crippen LogP contribution is 2.36. The lowest BCUT2D eigenvalue weighted by Gasteiger charge is -2.26. The van der Waals surface area contributed by atoms with Gasteiger partial charge in [0.2, 0.25) is 5.91 Å². The first-order chi connectivity index (χ1) is 18.3. The van der Waals surface area contributed by atoms with Crippen LogP contribution in [0.15, 0.2) is 88.1 Å². The number of alkyl halides is 1. The number of nitrogens with one attached hydrogen (secondary N) is 1. The minimum Gasteiger partial charge on any atom is -0.484 e. The SMILES string of the molecule is O=C(COc1ccc2c(-c3ccccc3)cc(=O)oc2c1)NN1C(=O)CC(Cl)C1c1ccc([N+](=O)[O-])cc1. The number of carbonyl (C=O) groups is 2. The van der Waals surface area contributed by atoms with Crippen LogP contribution in [0.5, 0.6) is 5.75 Å². The van der Waals surface area contributed by atoms with E-state index in [0.29, 0.717) is 22.1 Å². The molecule has 0 radical (unpaired) electrons. The van der Waals surface area contributed by atoms with Crippen molar-refractivity contribution in [2.75, 3.05) is 6.61 Å². The van der Waals surface area contributed by atoms with Gasteiger partial charge < -0.3 is 9.15 Å². The molecule has 1 aliphatic rings. The summed E-state index contributed by atoms with van der Waals surface area (Å²) >= 11 is 6.37. The highest BCUT2D eigenvalue weighted by Gasteiger charge is 2.41. The zero-order valence-electron chi connectivity index (χ0n) is 19.7. The zero-order valence-corrected chi connectivity index (χ0v) is 20.5. The summed E-state index contributed by atoms with van der Waals surface area (Å²) in [5, 5.41) is 12.1. The Labute approximate surface area is 220 Å². The highest BCUT2D eigenvalue weighted by molar-refractivity contribution is 6.23. The van der Waals surface area contributed by atoms with Crippen LogP contribution in [0.4, 0.5) is 5.69 Å². The molecule has 1 N–H and O–H groups in total. The molecule has 2 heterocycles. The maximum Gasteiger partial charge on any atom is 0.336 e. The molecule has 0 aliphatic carbocycles. The highest BCUT2D eigenvalue weighted by atomic mass is 35.5. The van der Waals surface area contributed by atoms with Gasteiger partial charge in [0.15, 0.2) is 6.61 Å². The number of hydrazine groups is 1. The van der Waals surface area contributed by atoms with Gasteiger partial charge in [0.25, 0.3) is 11.6 Å². The van der Waals surface area contributed by atoms with Crippen LogP contribution in [0.25, 0.3) is 22.1 Å². The Balaban J connectivity index is 1.30. The number of amides is 2. The largest absolute Gasteiger partial charge is 0.484 e. The van der Waals surface area contributed by atoms with Crippen molar-refractivity contribution in [3.63, 3.8) is 0 Å². The van der Waals surface area contributed by atoms with Crippen molar-refractivity contribution in [1.29, 1.82) is 0 Å². The number of rotatable bonds is 7. The van der Waals surface area contributed by atoms with Gasteiger partial charge in [-0.3, -0.25) is 25.1 Å². The molecule has 5 rings (SSSR count). The number of non-ortho nitro benzene ring substituents is 1. The summed E-state index contributed by atoms with van der Waals surface area (Å²) in [4.78, 5) is 47.7. The third-order valence-electron chi connectivity index (χ3n) is 6.12. The molecule has 0 spiro atoms. The molecule has 38 heavy (non-hydrogen) atoms. The van der Waals surface area contributed by atoms with E-state index in [2.05, 4.69) is 5.43 Å². The molecule has 11 heteroatoms. The summed E-state index contributed by atoms with van der Waals surface area (Å²) in [6, 6.07) is 20.6. The number of nitrogens with zero attached hydrogens (tertiary/aromatic N) is 2. The van der Waals surface area contributed by atoms with E-state index in [9.17, 15) is 24.5 Å². The molecule has 2 atom stereocenters. The molecule has 0 saturated carbocycles. The molecule has 2 unspecified atom stereocenters. The van der Waals surface area contributed by atoms with E-state index in [0.717, 1.165) is 10.6 Å². The van der Waals surface area contributed by atoms with Crippen molar-refractivity contribution in [3.05, 3.63) is 105 Å². The van der Waals surface area contributed by atoms with Gasteiger partial charge in [-0.15, -0.1) is 11.6 Å². The first-order valence-electron chi connectivity index (χ1n) is 11.6. The second kappa shape index (κ2) is 10.3. The van der Waals surface area contributed by atoms with Crippen molar-refractivity contribution in [1.82, 2.24) is 10.4 Å². The Morgan fingerprint density at radius 1 is 1.08 bits per heavy atom. The van der Waals surface area contributed by atoms with Crippen molar-refractivity contribution in [2.45, 2.75) is 17.8 Å². The van der Waals surface area contributed by atoms with E-state index in [4.69, 9.17) is 20.8 Å². The Bertz CT molecular complexity index is 1590. The second-order valence-corrected chi connectivity index (χ2v) is 9.16. The molecule has 192 valence electrons. The van der Waals surface area contributed by atoms with Crippen molar-refractivity contribution >= 4 is 40.1 Å². The van der Waals surface area contributed by atoms with Gasteiger partial charge in [-0.1, -0.05) is 42.5 Å². The van der Waals surface area contributed by atoms with Gasteiger partial charge >= 0.3 is 5.63 Å². The number of halogens is 1. The van der Waals surface area contributed by atoms with E-state index < -0.39 is 40.4 Å². The maximum atomic E-state index is 12.7. The fraction of sp³-hybridized carbons (Fsp3) is 0.148. The Hall–Kier alpha value is -4.70. The van der Waals surface area contributed by atoms with Crippen LogP contribution in [-0.2, 0) is 9.59 Å². The summed E-state index contributed by atoms with van der Waals surface area (Å²) in [7, 11) is 0. The lowest BCUT2D eigenvalue weighted by Crippen LogP contribution is -2.46. The molecular weight excluding hydrogens is 514 g/mol. The first kappa shape index (κ1) is 25.0. The summed E-state index contributed by atoms with van der Waals surface area (Å²) < 4.78 is 10.9. The standard InChI is InChI=1S/C27H20ClN3O7/c28-22-14-25(33)30(27(22)17-6-8-18(9-7-17)31(35)36)29-24(32)15-37-19-10-11-20-21(16-4-2-1-3-5-16)13-26(34)38-23(20)12-19/h1-13,22,27H,14-15H2,(H,29,32). The number of ether oxygens (including phenoxy) is 1. The predicted octanol–water partition coefficient (Wildman–Crippen LogP) is 4.36. The van der Waals surface area contributed by atoms with Crippen LogP contribution in [0.1, 0.15) is 18.0 Å². The average Bonchev–Trinajstić information content (AvgIpc) is 3.19. The van der Waals surface area contributed by atoms with Gasteiger partial charge in [-0.05, 0) is 28.8 Å². The summed E-state index contributed by atoms with van der Waals surface area (Å²) in [5.74, 6) is -0.728. The molecule has 1 fully saturated rings. The molecule has 1 aliphatic heterocycles. The number of benzene rings is 3. The monoisotopic (exact) mass is 533 g/mol. The van der Waals surface area contributed by atoms with E-state index in [1.54, 1.807) is 12.1 Å². The van der Waals surface area contributed by atoms with Crippen LogP contribution in [-0.4, -0.2) is 33.7 Å². The molecule has 1 aromatic heterocycles. The molecule has 3 aromatic carbocycles. The van der Waals surface area contributed by atoms with Gasteiger partial charge in [-0.2, -0.15) is 0 Å². The zero-order chi connectivity index (χ0) is 26.8. The molecule has 2 amide bonds. The van der Waals surface area contributed by atoms with Gasteiger partial charge in [-0.25, -0.2) is 9.80 Å². The Morgan fingerprint density at radius 3 is 2.53 bits per heavy atom. The Morgan fingerprint density at radius 2 is 1.82 bits per heavy atom. The van der Waals surface area contributed by atoms with Gasteiger partial charge in [0, 0.05) is 36.1 Å². The molecule has 4 aromatic rings. The van der Waals surface area contributed by atoms with Crippen molar-refractivity contribution in [3.8, 4) is 16.9 Å². The third-order valence-corrected chi connectivity index (χ3v) is 6.51. The minimum atomic E-state index is -0.708. The van der Waals surface area contributed by atoms with Gasteiger partial charge in [0.1, 0.15) is 11.3 Å². The van der Waals surface area contributed by atoms with E-state index in [1.165, 1.54) is 36.4 Å². The molecule has 1 saturated heterocycles. The fourth-order valence-corrected chi connectivity index (χ4v) is 4.77. The minimum absolute atomic E-state index is 0.0161. The normalized spacial score (nSPS) is 17.0. The van der Waals surface area contributed by atoms with Gasteiger partial charge in [0.05, 0.1) is 16.3 Å². The van der Waals surface area contributed by atoms with Crippen LogP contribution in [0, 0.1) is 10.1 Å². The number of fused-ring (bicyclic) bond motifs is 1. The van der Waals surface area contributed by atoms with Crippen LogP contribution < -0.4 is 15.8 Å². The average molecular weight is 534 g/mol. The van der Waals surface area contributed by atoms with Crippen LogP contribution in [0.3, 0.4) is 0 Å². The predicted molar refractivity (Wildman–Crippen MR) is 138 cm³/mol. The first-order valence-corrected chi connectivity index (χ1v) is 12.0. The van der Waals surface area contributed by atoms with E-state index >= 15 is 0 Å². The van der Waals surface area contributed by atoms with E-state index in [-0.39, 0.29) is 17.9 Å². The lowest BCUT2D eigenvalue weighted by atomic mass is 10.0. The van der Waals surface area contributed by atoms with Crippen molar-refractivity contribution < 1.29 is 23.7 Å². The summed E-state index contributed by atoms with van der Waals surface area (Å²) in [6.45, 7) is -0.433. The fourth-order valence-electron chi connectivity index (χ4n) is 4.38. The topological polar surface area (TPSA) is 132 Å². The molecule has 0 bridgehead atoms. The van der Waals surface area contributed by atoms with Crippen LogP contribution >= 0.6 is 11.6 Å². The summed E-state index contributed by atoms with van der Waals surface area (Å²) in [6.07, 6.45) is -0.0161. The van der Waals surface area contributed by atoms with E-state index in [1.807, 2.05) is 30.3 Å². The van der Waals surface area contributed by atoms with Crippen LogP contribution in [0.2, 0.25) is 0 Å². The number of nitro groups is 1. The number of nitro benzene ring substituents is 1. The number of carbonyl (C=O) groups excluding carboxylic acids is 2. The smallest absolute Gasteiger partial charge is 0.336 e. The number of hydrogen-bond acceptors (Lipinski definition) is 7. The maximum absolute atomic E-state index is 12.7. The second-order valence-electron chi connectivity index (χ2n) is 8.60. The molecule has 10 nitrogen and oxygen atoms in total. The Kier molecular flexibility index (Phi) is 6.80. The number of hydrogen-bond donors (Lipinski definition) is 1. The molecular formula is C27H20ClN3O7. The quantitative estimate of drug-likeness (QED) is 0.161.